The fourth-order valence-electron chi connectivity index (χ4n) is 4.08. The van der Waals surface area contributed by atoms with Gasteiger partial charge in [-0.1, -0.05) is 24.3 Å². The Morgan fingerprint density at radius 2 is 1.50 bits per heavy atom. The van der Waals surface area contributed by atoms with Gasteiger partial charge in [0.15, 0.2) is 5.43 Å². The third kappa shape index (κ3) is 3.15. The highest BCUT2D eigenvalue weighted by molar-refractivity contribution is 5.94. The van der Waals surface area contributed by atoms with Gasteiger partial charge >= 0.3 is 0 Å². The van der Waals surface area contributed by atoms with Crippen LogP contribution in [0, 0.1) is 5.92 Å². The smallest absolute Gasteiger partial charge is 0.242 e. The third-order valence-electron chi connectivity index (χ3n) is 5.64. The molecule has 1 aliphatic heterocycles. The quantitative estimate of drug-likeness (QED) is 0.711. The van der Waals surface area contributed by atoms with E-state index < -0.39 is 0 Å². The number of hydrogen-bond donors (Lipinski definition) is 1. The van der Waals surface area contributed by atoms with Gasteiger partial charge in [-0.3, -0.25) is 14.4 Å². The van der Waals surface area contributed by atoms with E-state index in [-0.39, 0.29) is 29.7 Å². The molecule has 6 heteroatoms. The van der Waals surface area contributed by atoms with Crippen LogP contribution in [0.2, 0.25) is 0 Å². The summed E-state index contributed by atoms with van der Waals surface area (Å²) in [4.78, 5) is 39.5. The van der Waals surface area contributed by atoms with Crippen LogP contribution in [-0.2, 0) is 16.1 Å². The van der Waals surface area contributed by atoms with Crippen LogP contribution in [0.5, 0.6) is 0 Å². The summed E-state index contributed by atoms with van der Waals surface area (Å²) in [7, 11) is 1.65. The molecule has 2 heterocycles. The van der Waals surface area contributed by atoms with E-state index in [9.17, 15) is 14.4 Å². The highest BCUT2D eigenvalue weighted by atomic mass is 16.2. The van der Waals surface area contributed by atoms with Gasteiger partial charge in [0.2, 0.25) is 11.8 Å². The zero-order chi connectivity index (χ0) is 19.7. The molecular formula is C22H23N3O3. The van der Waals surface area contributed by atoms with Gasteiger partial charge in [-0.05, 0) is 37.1 Å². The van der Waals surface area contributed by atoms with Gasteiger partial charge in [0.25, 0.3) is 0 Å². The molecule has 0 atom stereocenters. The molecule has 0 unspecified atom stereocenters. The summed E-state index contributed by atoms with van der Waals surface area (Å²) in [5.74, 6) is 0.0296. The number of para-hydroxylation sites is 2. The Labute approximate surface area is 162 Å². The Morgan fingerprint density at radius 3 is 2.04 bits per heavy atom. The van der Waals surface area contributed by atoms with E-state index in [1.807, 2.05) is 45.9 Å². The number of likely N-dealkylation sites (tertiary alicyclic amines) is 1. The van der Waals surface area contributed by atoms with Crippen molar-refractivity contribution in [1.29, 1.82) is 0 Å². The zero-order valence-corrected chi connectivity index (χ0v) is 15.9. The fraction of sp³-hybridized carbons (Fsp3) is 0.318. The zero-order valence-electron chi connectivity index (χ0n) is 15.9. The monoisotopic (exact) mass is 377 g/mol. The van der Waals surface area contributed by atoms with Crippen molar-refractivity contribution in [2.75, 3.05) is 20.1 Å². The van der Waals surface area contributed by atoms with Crippen molar-refractivity contribution in [2.24, 2.45) is 5.92 Å². The van der Waals surface area contributed by atoms with Crippen LogP contribution < -0.4 is 10.7 Å². The minimum absolute atomic E-state index is 0.00862. The number of carbonyl (C=O) groups excluding carboxylic acids is 2. The molecule has 6 nitrogen and oxygen atoms in total. The lowest BCUT2D eigenvalue weighted by Gasteiger charge is -2.31. The molecule has 0 aliphatic carbocycles. The molecule has 2 amide bonds. The molecule has 1 N–H and O–H groups in total. The molecule has 1 aliphatic rings. The number of piperidine rings is 1. The molecule has 4 rings (SSSR count). The average molecular weight is 377 g/mol. The topological polar surface area (TPSA) is 71.4 Å². The van der Waals surface area contributed by atoms with E-state index in [0.29, 0.717) is 36.7 Å². The second kappa shape index (κ2) is 7.46. The molecule has 0 bridgehead atoms. The first-order valence-electron chi connectivity index (χ1n) is 9.60. The van der Waals surface area contributed by atoms with Gasteiger partial charge < -0.3 is 14.8 Å². The van der Waals surface area contributed by atoms with Crippen LogP contribution in [0.25, 0.3) is 21.8 Å². The molecule has 0 saturated carbocycles. The molecule has 1 fully saturated rings. The van der Waals surface area contributed by atoms with Crippen molar-refractivity contribution in [3.8, 4) is 0 Å². The lowest BCUT2D eigenvalue weighted by atomic mass is 9.96. The van der Waals surface area contributed by atoms with Crippen LogP contribution in [0.3, 0.4) is 0 Å². The number of amides is 2. The minimum Gasteiger partial charge on any atom is -0.359 e. The maximum absolute atomic E-state index is 13.0. The summed E-state index contributed by atoms with van der Waals surface area (Å²) in [6.07, 6.45) is 1.36. The predicted molar refractivity (Wildman–Crippen MR) is 109 cm³/mol. The number of carbonyl (C=O) groups is 2. The maximum atomic E-state index is 13.0. The maximum Gasteiger partial charge on any atom is 0.242 e. The van der Waals surface area contributed by atoms with Crippen molar-refractivity contribution in [3.05, 3.63) is 58.8 Å². The summed E-state index contributed by atoms with van der Waals surface area (Å²) >= 11 is 0. The molecular weight excluding hydrogens is 354 g/mol. The summed E-state index contributed by atoms with van der Waals surface area (Å²) < 4.78 is 1.93. The molecule has 2 aromatic carbocycles. The summed E-state index contributed by atoms with van der Waals surface area (Å²) in [6.45, 7) is 1.33. The van der Waals surface area contributed by atoms with Crippen LogP contribution in [0.15, 0.2) is 53.3 Å². The number of hydrogen-bond acceptors (Lipinski definition) is 3. The predicted octanol–water partition coefficient (Wildman–Crippen LogP) is 2.14. The Morgan fingerprint density at radius 1 is 0.964 bits per heavy atom. The number of nitrogens with zero attached hydrogens (tertiary/aromatic N) is 2. The van der Waals surface area contributed by atoms with E-state index in [1.165, 1.54) is 0 Å². The Balaban J connectivity index is 1.66. The largest absolute Gasteiger partial charge is 0.359 e. The molecule has 0 spiro atoms. The van der Waals surface area contributed by atoms with E-state index in [1.54, 1.807) is 19.2 Å². The number of fused-ring (bicyclic) bond motifs is 2. The molecule has 1 saturated heterocycles. The lowest BCUT2D eigenvalue weighted by molar-refractivity contribution is -0.135. The SMILES string of the molecule is CNC(=O)C1CCN(C(=O)Cn2c3ccccc3c(=O)c3ccccc32)CC1. The van der Waals surface area contributed by atoms with Crippen molar-refractivity contribution >= 4 is 33.6 Å². The van der Waals surface area contributed by atoms with Crippen LogP contribution >= 0.6 is 0 Å². The second-order valence-electron chi connectivity index (χ2n) is 7.22. The molecule has 3 aromatic rings. The standard InChI is InChI=1S/C22H23N3O3/c1-23-22(28)15-10-12-24(13-11-15)20(26)14-25-18-8-4-2-6-16(18)21(27)17-7-3-5-9-19(17)25/h2-9,15H,10-14H2,1H3,(H,23,28). The minimum atomic E-state index is -0.0249. The number of aromatic nitrogens is 1. The highest BCUT2D eigenvalue weighted by Crippen LogP contribution is 2.21. The first-order chi connectivity index (χ1) is 13.6. The van der Waals surface area contributed by atoms with Gasteiger partial charge in [0, 0.05) is 36.8 Å². The fourth-order valence-corrected chi connectivity index (χ4v) is 4.08. The van der Waals surface area contributed by atoms with Gasteiger partial charge in [0.1, 0.15) is 6.54 Å². The van der Waals surface area contributed by atoms with E-state index in [0.717, 1.165) is 11.0 Å². The van der Waals surface area contributed by atoms with Crippen molar-refractivity contribution in [3.63, 3.8) is 0 Å². The highest BCUT2D eigenvalue weighted by Gasteiger charge is 2.27. The van der Waals surface area contributed by atoms with Crippen LogP contribution in [0.1, 0.15) is 12.8 Å². The Kier molecular flexibility index (Phi) is 4.86. The average Bonchev–Trinajstić information content (AvgIpc) is 2.76. The van der Waals surface area contributed by atoms with Crippen molar-refractivity contribution in [2.45, 2.75) is 19.4 Å². The van der Waals surface area contributed by atoms with Crippen molar-refractivity contribution < 1.29 is 9.59 Å². The van der Waals surface area contributed by atoms with Gasteiger partial charge in [-0.15, -0.1) is 0 Å². The molecule has 0 radical (unpaired) electrons. The van der Waals surface area contributed by atoms with E-state index in [2.05, 4.69) is 5.32 Å². The first kappa shape index (κ1) is 18.2. The normalized spacial score (nSPS) is 15.1. The first-order valence-corrected chi connectivity index (χ1v) is 9.60. The Bertz CT molecular complexity index is 1050. The van der Waals surface area contributed by atoms with E-state index >= 15 is 0 Å². The van der Waals surface area contributed by atoms with Gasteiger partial charge in [0.05, 0.1) is 11.0 Å². The van der Waals surface area contributed by atoms with Crippen LogP contribution in [0.4, 0.5) is 0 Å². The summed E-state index contributed by atoms with van der Waals surface area (Å²) in [5.41, 5.74) is 1.51. The summed E-state index contributed by atoms with van der Waals surface area (Å²) in [6, 6.07) is 14.8. The van der Waals surface area contributed by atoms with Gasteiger partial charge in [-0.2, -0.15) is 0 Å². The lowest BCUT2D eigenvalue weighted by Crippen LogP contribution is -2.43. The number of benzene rings is 2. The van der Waals surface area contributed by atoms with E-state index in [4.69, 9.17) is 0 Å². The molecule has 28 heavy (non-hydrogen) atoms. The van der Waals surface area contributed by atoms with Gasteiger partial charge in [-0.25, -0.2) is 0 Å². The number of rotatable bonds is 3. The van der Waals surface area contributed by atoms with Crippen molar-refractivity contribution in [1.82, 2.24) is 14.8 Å². The third-order valence-corrected chi connectivity index (χ3v) is 5.64. The number of pyridine rings is 1. The molecule has 144 valence electrons. The number of nitrogens with one attached hydrogen (secondary N) is 1. The van der Waals surface area contributed by atoms with Crippen LogP contribution in [-0.4, -0.2) is 41.4 Å². The second-order valence-corrected chi connectivity index (χ2v) is 7.22. The Hall–Kier alpha value is -3.15. The summed E-state index contributed by atoms with van der Waals surface area (Å²) in [5, 5.41) is 3.92. The molecule has 1 aromatic heterocycles.